The monoisotopic (exact) mass is 117 g/mol. The predicted molar refractivity (Wildman–Crippen MR) is 32.6 cm³/mol. The number of hydrogen-bond acceptors (Lipinski definition) is 4. The van der Waals surface area contributed by atoms with Gasteiger partial charge in [0.15, 0.2) is 0 Å². The van der Waals surface area contributed by atoms with Gasteiger partial charge in [-0.1, -0.05) is 0 Å². The lowest BCUT2D eigenvalue weighted by Gasteiger charge is -1.98. The molecular weight excluding hydrogens is 106 g/mol. The molecule has 0 fully saturated rings. The zero-order valence-electron chi connectivity index (χ0n) is 4.59. The number of hydrazine groups is 1. The molecule has 0 rings (SSSR count). The first-order chi connectivity index (χ1) is 3.85. The molecule has 0 aliphatic carbocycles. The van der Waals surface area contributed by atoms with Gasteiger partial charge in [-0.25, -0.2) is 5.84 Å². The van der Waals surface area contributed by atoms with Crippen LogP contribution in [-0.2, 0) is 0 Å². The molecule has 0 radical (unpaired) electrons. The minimum Gasteiger partial charge on any atom is -0.330 e. The van der Waals surface area contributed by atoms with Gasteiger partial charge in [0.1, 0.15) is 5.84 Å². The molecule has 0 unspecified atom stereocenters. The Labute approximate surface area is 47.9 Å². The van der Waals surface area contributed by atoms with Crippen LogP contribution in [0.15, 0.2) is 5.10 Å². The standard InChI is InChI=1S/C3H11N5/c4-2-1-3(7-5)8-6/h1-2,4-6H2,(H,7,8). The van der Waals surface area contributed by atoms with E-state index in [0.29, 0.717) is 18.8 Å². The van der Waals surface area contributed by atoms with Gasteiger partial charge in [0.05, 0.1) is 0 Å². The van der Waals surface area contributed by atoms with Gasteiger partial charge >= 0.3 is 0 Å². The number of nitrogens with two attached hydrogens (primary N) is 3. The maximum absolute atomic E-state index is 5.15. The summed E-state index contributed by atoms with van der Waals surface area (Å²) in [4.78, 5) is 0. The molecule has 0 bridgehead atoms. The van der Waals surface area contributed by atoms with E-state index >= 15 is 0 Å². The Morgan fingerprint density at radius 3 is 2.38 bits per heavy atom. The van der Waals surface area contributed by atoms with E-state index in [2.05, 4.69) is 10.5 Å². The maximum atomic E-state index is 5.15. The van der Waals surface area contributed by atoms with E-state index in [1.165, 1.54) is 0 Å². The second-order valence-corrected chi connectivity index (χ2v) is 1.26. The molecule has 0 heterocycles. The summed E-state index contributed by atoms with van der Waals surface area (Å²) >= 11 is 0. The van der Waals surface area contributed by atoms with E-state index in [9.17, 15) is 0 Å². The number of amidine groups is 1. The lowest BCUT2D eigenvalue weighted by molar-refractivity contribution is 0.917. The van der Waals surface area contributed by atoms with Gasteiger partial charge in [0, 0.05) is 6.42 Å². The summed E-state index contributed by atoms with van der Waals surface area (Å²) in [5.74, 6) is 10.3. The Morgan fingerprint density at radius 1 is 1.62 bits per heavy atom. The van der Waals surface area contributed by atoms with Crippen LogP contribution in [0.3, 0.4) is 0 Å². The van der Waals surface area contributed by atoms with E-state index < -0.39 is 0 Å². The molecule has 0 amide bonds. The predicted octanol–water partition coefficient (Wildman–Crippen LogP) is -1.93. The number of hydrogen-bond donors (Lipinski definition) is 4. The molecule has 0 atom stereocenters. The van der Waals surface area contributed by atoms with Gasteiger partial charge in [0.25, 0.3) is 0 Å². The van der Waals surface area contributed by atoms with Crippen molar-refractivity contribution in [2.45, 2.75) is 6.42 Å². The fourth-order valence-electron chi connectivity index (χ4n) is 0.311. The molecule has 5 heteroatoms. The highest BCUT2D eigenvalue weighted by Gasteiger charge is 1.89. The Balaban J connectivity index is 3.38. The molecule has 8 heavy (non-hydrogen) atoms. The van der Waals surface area contributed by atoms with Crippen LogP contribution >= 0.6 is 0 Å². The first kappa shape index (κ1) is 7.19. The van der Waals surface area contributed by atoms with Crippen LogP contribution in [0, 0.1) is 0 Å². The molecule has 0 saturated carbocycles. The van der Waals surface area contributed by atoms with Crippen molar-refractivity contribution in [1.29, 1.82) is 0 Å². The first-order valence-electron chi connectivity index (χ1n) is 2.28. The quantitative estimate of drug-likeness (QED) is 0.146. The van der Waals surface area contributed by atoms with Crippen molar-refractivity contribution in [1.82, 2.24) is 5.43 Å². The number of hydrazone groups is 1. The Bertz CT molecular complexity index is 77.7. The minimum absolute atomic E-state index is 0.500. The van der Waals surface area contributed by atoms with Crippen LogP contribution in [0.25, 0.3) is 0 Å². The third-order valence-corrected chi connectivity index (χ3v) is 0.704. The van der Waals surface area contributed by atoms with Crippen LogP contribution in [0.2, 0.25) is 0 Å². The van der Waals surface area contributed by atoms with Crippen molar-refractivity contribution in [3.63, 3.8) is 0 Å². The fourth-order valence-corrected chi connectivity index (χ4v) is 0.311. The summed E-state index contributed by atoms with van der Waals surface area (Å²) in [5.41, 5.74) is 7.45. The average Bonchev–Trinajstić information content (AvgIpc) is 1.83. The Kier molecular flexibility index (Phi) is 3.91. The molecule has 7 N–H and O–H groups in total. The summed E-state index contributed by atoms with van der Waals surface area (Å²) in [6, 6.07) is 0. The van der Waals surface area contributed by atoms with E-state index in [4.69, 9.17) is 17.4 Å². The highest BCUT2D eigenvalue weighted by atomic mass is 15.3. The topological polar surface area (TPSA) is 102 Å². The van der Waals surface area contributed by atoms with E-state index in [1.54, 1.807) is 0 Å². The number of rotatable bonds is 2. The van der Waals surface area contributed by atoms with Crippen LogP contribution in [0.5, 0.6) is 0 Å². The van der Waals surface area contributed by atoms with E-state index in [0.717, 1.165) is 0 Å². The summed E-state index contributed by atoms with van der Waals surface area (Å²) in [6.45, 7) is 0.500. The van der Waals surface area contributed by atoms with Crippen molar-refractivity contribution in [2.75, 3.05) is 6.54 Å². The normalized spacial score (nSPS) is 11.5. The van der Waals surface area contributed by atoms with E-state index in [-0.39, 0.29) is 0 Å². The fraction of sp³-hybridized carbons (Fsp3) is 0.667. The highest BCUT2D eigenvalue weighted by molar-refractivity contribution is 5.81. The molecule has 48 valence electrons. The van der Waals surface area contributed by atoms with Gasteiger partial charge in [-0.3, -0.25) is 0 Å². The van der Waals surface area contributed by atoms with Crippen LogP contribution in [0.1, 0.15) is 6.42 Å². The van der Waals surface area contributed by atoms with Crippen molar-refractivity contribution >= 4 is 5.84 Å². The van der Waals surface area contributed by atoms with Gasteiger partial charge < -0.3 is 17.0 Å². The minimum atomic E-state index is 0.500. The summed E-state index contributed by atoms with van der Waals surface area (Å²) in [7, 11) is 0. The molecule has 0 aromatic heterocycles. The van der Waals surface area contributed by atoms with Gasteiger partial charge in [0.2, 0.25) is 0 Å². The third kappa shape index (κ3) is 2.38. The van der Waals surface area contributed by atoms with Crippen molar-refractivity contribution in [3.8, 4) is 0 Å². The van der Waals surface area contributed by atoms with Crippen molar-refractivity contribution in [3.05, 3.63) is 0 Å². The van der Waals surface area contributed by atoms with Gasteiger partial charge in [-0.05, 0) is 6.54 Å². The van der Waals surface area contributed by atoms with Crippen LogP contribution in [0.4, 0.5) is 0 Å². The molecule has 0 aliphatic heterocycles. The lowest BCUT2D eigenvalue weighted by atomic mass is 10.4. The zero-order chi connectivity index (χ0) is 6.41. The second-order valence-electron chi connectivity index (χ2n) is 1.26. The third-order valence-electron chi connectivity index (χ3n) is 0.704. The molecule has 0 saturated heterocycles. The summed E-state index contributed by atoms with van der Waals surface area (Å²) < 4.78 is 0. The van der Waals surface area contributed by atoms with E-state index in [1.807, 2.05) is 0 Å². The largest absolute Gasteiger partial charge is 0.330 e. The molecule has 0 aromatic carbocycles. The van der Waals surface area contributed by atoms with Gasteiger partial charge in [-0.15, -0.1) is 0 Å². The maximum Gasteiger partial charge on any atom is 0.137 e. The van der Waals surface area contributed by atoms with Crippen LogP contribution in [-0.4, -0.2) is 12.4 Å². The number of nitrogens with zero attached hydrogens (tertiary/aromatic N) is 1. The SMILES string of the molecule is NCC/C(=N/N)NN. The second kappa shape index (κ2) is 4.35. The van der Waals surface area contributed by atoms with Crippen molar-refractivity contribution < 1.29 is 0 Å². The molecule has 5 nitrogen and oxygen atoms in total. The molecular formula is C3H11N5. The highest BCUT2D eigenvalue weighted by Crippen LogP contribution is 1.72. The van der Waals surface area contributed by atoms with Crippen molar-refractivity contribution in [2.24, 2.45) is 22.5 Å². The lowest BCUT2D eigenvalue weighted by Crippen LogP contribution is -2.32. The summed E-state index contributed by atoms with van der Waals surface area (Å²) in [5, 5.41) is 3.30. The molecule has 0 aliphatic rings. The molecule has 0 spiro atoms. The Hall–Kier alpha value is -0.810. The van der Waals surface area contributed by atoms with Crippen LogP contribution < -0.4 is 22.8 Å². The average molecular weight is 117 g/mol. The smallest absolute Gasteiger partial charge is 0.137 e. The summed E-state index contributed by atoms with van der Waals surface area (Å²) in [6.07, 6.45) is 0.590. The molecule has 0 aromatic rings. The number of nitrogens with one attached hydrogen (secondary N) is 1. The zero-order valence-corrected chi connectivity index (χ0v) is 4.59. The van der Waals surface area contributed by atoms with Gasteiger partial charge in [-0.2, -0.15) is 5.10 Å². The first-order valence-corrected chi connectivity index (χ1v) is 2.28. The Morgan fingerprint density at radius 2 is 2.25 bits per heavy atom.